The van der Waals surface area contributed by atoms with Gasteiger partial charge in [-0.05, 0) is 49.7 Å². The van der Waals surface area contributed by atoms with Crippen molar-refractivity contribution in [1.82, 2.24) is 9.58 Å². The van der Waals surface area contributed by atoms with Gasteiger partial charge in [0.1, 0.15) is 12.2 Å². The Hall–Kier alpha value is -3.89. The number of aromatic nitrogens is 1. The van der Waals surface area contributed by atoms with E-state index in [2.05, 4.69) is 14.9 Å². The summed E-state index contributed by atoms with van der Waals surface area (Å²) in [5, 5.41) is 17.5. The van der Waals surface area contributed by atoms with Crippen molar-refractivity contribution >= 4 is 23.4 Å². The molecule has 0 aliphatic carbocycles. The highest BCUT2D eigenvalue weighted by Crippen LogP contribution is 2.46. The summed E-state index contributed by atoms with van der Waals surface area (Å²) in [6, 6.07) is 15.4. The van der Waals surface area contributed by atoms with Crippen LogP contribution in [0.5, 0.6) is 11.5 Å². The van der Waals surface area contributed by atoms with E-state index in [4.69, 9.17) is 36.0 Å². The largest absolute Gasteiger partial charge is 0.493 e. The summed E-state index contributed by atoms with van der Waals surface area (Å²) in [5.74, 6) is -0.196. The molecule has 3 aromatic rings. The highest BCUT2D eigenvalue weighted by atomic mass is 35.5. The Labute approximate surface area is 226 Å². The molecule has 0 amide bonds. The number of hydrogen-bond donors (Lipinski definition) is 1. The third-order valence-electron chi connectivity index (χ3n) is 6.14. The van der Waals surface area contributed by atoms with Crippen LogP contribution in [-0.2, 0) is 14.3 Å². The number of nitrogens with zero attached hydrogens (tertiary/aromatic N) is 4. The van der Waals surface area contributed by atoms with Crippen molar-refractivity contribution in [3.05, 3.63) is 76.6 Å². The normalized spacial score (nSPS) is 16.3. The van der Waals surface area contributed by atoms with Gasteiger partial charge in [-0.1, -0.05) is 29.0 Å². The average molecular weight is 540 g/mol. The summed E-state index contributed by atoms with van der Waals surface area (Å²) in [5.41, 5.74) is 3.60. The van der Waals surface area contributed by atoms with Crippen LogP contribution in [0.25, 0.3) is 5.69 Å². The summed E-state index contributed by atoms with van der Waals surface area (Å²) >= 11 is 6.46. The van der Waals surface area contributed by atoms with E-state index in [1.807, 2.05) is 54.7 Å². The number of benzene rings is 2. The number of amidine groups is 1. The SMILES string of the molecule is CCOC(=O)C(=N)N=NN(C)CC[C@H]1O[C@H](c2cccc(OC)c2OC)c2cc(Cl)ccc2-n2cccc21. The quantitative estimate of drug-likeness (QED) is 0.132. The lowest BCUT2D eigenvalue weighted by Crippen LogP contribution is -2.20. The number of nitrogens with one attached hydrogen (secondary N) is 1. The summed E-state index contributed by atoms with van der Waals surface area (Å²) in [6.45, 7) is 2.27. The molecule has 200 valence electrons. The summed E-state index contributed by atoms with van der Waals surface area (Å²) in [6.07, 6.45) is 1.67. The number of esters is 1. The summed E-state index contributed by atoms with van der Waals surface area (Å²) < 4.78 is 25.0. The molecule has 2 atom stereocenters. The van der Waals surface area contributed by atoms with Gasteiger partial charge >= 0.3 is 5.97 Å². The van der Waals surface area contributed by atoms with E-state index in [1.54, 1.807) is 33.2 Å². The molecule has 4 rings (SSSR count). The number of ether oxygens (including phenoxy) is 4. The highest BCUT2D eigenvalue weighted by Gasteiger charge is 2.33. The summed E-state index contributed by atoms with van der Waals surface area (Å²) in [4.78, 5) is 11.6. The van der Waals surface area contributed by atoms with Crippen LogP contribution >= 0.6 is 11.6 Å². The molecular formula is C27H30ClN5O5. The van der Waals surface area contributed by atoms with Crippen molar-refractivity contribution < 1.29 is 23.7 Å². The molecule has 0 radical (unpaired) electrons. The second kappa shape index (κ2) is 12.1. The van der Waals surface area contributed by atoms with Crippen molar-refractivity contribution in [2.45, 2.75) is 25.6 Å². The van der Waals surface area contributed by atoms with Crippen LogP contribution < -0.4 is 9.47 Å². The Bertz CT molecular complexity index is 1340. The topological polar surface area (TPSA) is 111 Å². The van der Waals surface area contributed by atoms with Crippen LogP contribution in [0.1, 0.15) is 42.4 Å². The lowest BCUT2D eigenvalue weighted by atomic mass is 9.98. The molecule has 0 saturated carbocycles. The standard InChI is InChI=1S/C27H30ClN5O5/c1-5-37-27(34)26(29)30-31-32(2)15-13-22-21-9-7-14-33(21)20-12-11-17(28)16-19(20)24(38-22)18-8-6-10-23(35-3)25(18)36-4/h6-12,14,16,22,24,29H,5,13,15H2,1-4H3/t22-,24-/m1/s1. The molecule has 0 saturated heterocycles. The number of carbonyl (C=O) groups is 1. The molecule has 0 bridgehead atoms. The monoisotopic (exact) mass is 539 g/mol. The van der Waals surface area contributed by atoms with Gasteiger partial charge in [-0.2, -0.15) is 0 Å². The fourth-order valence-electron chi connectivity index (χ4n) is 4.42. The first-order chi connectivity index (χ1) is 18.4. The van der Waals surface area contributed by atoms with E-state index >= 15 is 0 Å². The minimum Gasteiger partial charge on any atom is -0.493 e. The zero-order valence-corrected chi connectivity index (χ0v) is 22.4. The van der Waals surface area contributed by atoms with Crippen molar-refractivity contribution in [1.29, 1.82) is 5.41 Å². The van der Waals surface area contributed by atoms with E-state index in [0.29, 0.717) is 29.5 Å². The number of halogens is 1. The second-order valence-electron chi connectivity index (χ2n) is 8.52. The predicted molar refractivity (Wildman–Crippen MR) is 142 cm³/mol. The Morgan fingerprint density at radius 3 is 2.71 bits per heavy atom. The molecule has 0 spiro atoms. The Kier molecular flexibility index (Phi) is 8.65. The third kappa shape index (κ3) is 5.66. The number of para-hydroxylation sites is 1. The smallest absolute Gasteiger partial charge is 0.377 e. The molecular weight excluding hydrogens is 510 g/mol. The Morgan fingerprint density at radius 2 is 1.97 bits per heavy atom. The molecule has 0 unspecified atom stereocenters. The Balaban J connectivity index is 1.67. The highest BCUT2D eigenvalue weighted by molar-refractivity contribution is 6.34. The lowest BCUT2D eigenvalue weighted by molar-refractivity contribution is -0.135. The van der Waals surface area contributed by atoms with Gasteiger partial charge in [-0.25, -0.2) is 4.79 Å². The van der Waals surface area contributed by atoms with Crippen LogP contribution in [0.3, 0.4) is 0 Å². The first kappa shape index (κ1) is 27.2. The molecule has 1 aromatic heterocycles. The van der Waals surface area contributed by atoms with Gasteiger partial charge in [-0.15, -0.1) is 5.11 Å². The number of rotatable bonds is 8. The minimum absolute atomic E-state index is 0.165. The number of hydrogen-bond acceptors (Lipinski definition) is 7. The summed E-state index contributed by atoms with van der Waals surface area (Å²) in [7, 11) is 4.92. The first-order valence-electron chi connectivity index (χ1n) is 12.1. The lowest BCUT2D eigenvalue weighted by Gasteiger charge is -2.26. The zero-order valence-electron chi connectivity index (χ0n) is 21.7. The Morgan fingerprint density at radius 1 is 1.16 bits per heavy atom. The molecule has 1 aliphatic heterocycles. The van der Waals surface area contributed by atoms with E-state index in [-0.39, 0.29) is 12.7 Å². The molecule has 2 aromatic carbocycles. The van der Waals surface area contributed by atoms with Gasteiger partial charge in [0.05, 0.1) is 32.2 Å². The first-order valence-corrected chi connectivity index (χ1v) is 12.5. The third-order valence-corrected chi connectivity index (χ3v) is 6.37. The maximum absolute atomic E-state index is 11.6. The zero-order chi connectivity index (χ0) is 27.2. The molecule has 0 fully saturated rings. The second-order valence-corrected chi connectivity index (χ2v) is 8.96. The number of fused-ring (bicyclic) bond motifs is 3. The molecule has 2 heterocycles. The number of methoxy groups -OCH3 is 2. The van der Waals surface area contributed by atoms with Crippen LogP contribution in [0.4, 0.5) is 0 Å². The van der Waals surface area contributed by atoms with Crippen molar-refractivity contribution in [3.8, 4) is 17.2 Å². The van der Waals surface area contributed by atoms with Crippen molar-refractivity contribution in [2.24, 2.45) is 10.3 Å². The molecule has 1 N–H and O–H groups in total. The molecule has 10 nitrogen and oxygen atoms in total. The van der Waals surface area contributed by atoms with Crippen LogP contribution in [0.15, 0.2) is 65.1 Å². The van der Waals surface area contributed by atoms with Gasteiger partial charge in [0.2, 0.25) is 0 Å². The van der Waals surface area contributed by atoms with Crippen LogP contribution in [0.2, 0.25) is 5.02 Å². The van der Waals surface area contributed by atoms with E-state index in [1.165, 1.54) is 0 Å². The molecule has 1 aliphatic rings. The fourth-order valence-corrected chi connectivity index (χ4v) is 4.60. The van der Waals surface area contributed by atoms with Crippen molar-refractivity contribution in [2.75, 3.05) is 34.4 Å². The van der Waals surface area contributed by atoms with E-state index in [0.717, 1.165) is 22.5 Å². The average Bonchev–Trinajstić information content (AvgIpc) is 3.36. The van der Waals surface area contributed by atoms with Gasteiger partial charge < -0.3 is 23.5 Å². The predicted octanol–water partition coefficient (Wildman–Crippen LogP) is 5.54. The van der Waals surface area contributed by atoms with E-state index in [9.17, 15) is 4.79 Å². The maximum Gasteiger partial charge on any atom is 0.377 e. The van der Waals surface area contributed by atoms with Gasteiger partial charge in [0.15, 0.2) is 11.5 Å². The van der Waals surface area contributed by atoms with E-state index < -0.39 is 17.9 Å². The van der Waals surface area contributed by atoms with Crippen molar-refractivity contribution in [3.63, 3.8) is 0 Å². The van der Waals surface area contributed by atoms with Crippen LogP contribution in [-0.4, -0.2) is 55.8 Å². The maximum atomic E-state index is 11.6. The molecule has 38 heavy (non-hydrogen) atoms. The number of carbonyl (C=O) groups excluding carboxylic acids is 1. The van der Waals surface area contributed by atoms with Crippen LogP contribution in [0, 0.1) is 5.41 Å². The van der Waals surface area contributed by atoms with Gasteiger partial charge in [0.25, 0.3) is 5.84 Å². The van der Waals surface area contributed by atoms with Gasteiger partial charge in [-0.3, -0.25) is 10.4 Å². The van der Waals surface area contributed by atoms with Gasteiger partial charge in [0, 0.05) is 35.9 Å². The fraction of sp³-hybridized carbons (Fsp3) is 0.333. The molecule has 11 heteroatoms. The minimum atomic E-state index is -0.818.